The molecule has 4 nitrogen and oxygen atoms in total. The first-order valence-electron chi connectivity index (χ1n) is 13.7. The third kappa shape index (κ3) is 4.11. The maximum Gasteiger partial charge on any atom is 0.164 e. The Morgan fingerprint density at radius 2 is 1.00 bits per heavy atom. The molecule has 7 rings (SSSR count). The zero-order valence-electron chi connectivity index (χ0n) is 22.8. The van der Waals surface area contributed by atoms with Crippen LogP contribution in [0, 0.1) is 11.3 Å². The topological polar surface area (TPSA) is 62.5 Å². The predicted octanol–water partition coefficient (Wildman–Crippen LogP) is 8.72. The number of hydrogen-bond donors (Lipinski definition) is 0. The monoisotopic (exact) mass is 526 g/mol. The number of rotatable bonds is 4. The lowest BCUT2D eigenvalue weighted by molar-refractivity contribution is 0.660. The highest BCUT2D eigenvalue weighted by Crippen LogP contribution is 2.53. The first-order valence-corrected chi connectivity index (χ1v) is 13.7. The molecular weight excluding hydrogens is 500 g/mol. The van der Waals surface area contributed by atoms with Gasteiger partial charge in [-0.1, -0.05) is 123 Å². The van der Waals surface area contributed by atoms with Crippen molar-refractivity contribution >= 4 is 0 Å². The maximum absolute atomic E-state index is 10.0. The normalized spacial score (nSPS) is 12.8. The molecule has 0 radical (unpaired) electrons. The second-order valence-corrected chi connectivity index (χ2v) is 10.8. The number of nitrogens with zero attached hydrogens (tertiary/aromatic N) is 4. The van der Waals surface area contributed by atoms with Gasteiger partial charge in [-0.2, -0.15) is 5.26 Å². The lowest BCUT2D eigenvalue weighted by Crippen LogP contribution is -2.14. The van der Waals surface area contributed by atoms with Crippen LogP contribution in [0.3, 0.4) is 0 Å². The van der Waals surface area contributed by atoms with E-state index in [9.17, 15) is 5.26 Å². The van der Waals surface area contributed by atoms with Gasteiger partial charge in [-0.25, -0.2) is 15.0 Å². The van der Waals surface area contributed by atoms with Crippen molar-refractivity contribution in [1.29, 1.82) is 5.26 Å². The molecule has 0 fully saturated rings. The summed E-state index contributed by atoms with van der Waals surface area (Å²) >= 11 is 0. The summed E-state index contributed by atoms with van der Waals surface area (Å²) in [5.74, 6) is 1.88. The fourth-order valence-electron chi connectivity index (χ4n) is 5.93. The summed E-state index contributed by atoms with van der Waals surface area (Å²) in [5.41, 5.74) is 10.0. The Kier molecular flexibility index (Phi) is 5.80. The molecule has 194 valence electrons. The van der Waals surface area contributed by atoms with Crippen molar-refractivity contribution in [3.8, 4) is 62.5 Å². The number of benzene rings is 5. The molecule has 6 aromatic rings. The molecule has 0 amide bonds. The summed E-state index contributed by atoms with van der Waals surface area (Å²) in [6, 6.07) is 43.3. The highest BCUT2D eigenvalue weighted by atomic mass is 15.0. The van der Waals surface area contributed by atoms with Gasteiger partial charge in [0.2, 0.25) is 0 Å². The Morgan fingerprint density at radius 1 is 0.512 bits per heavy atom. The Balaban J connectivity index is 1.42. The van der Waals surface area contributed by atoms with E-state index in [-0.39, 0.29) is 5.41 Å². The molecular formula is C37H26N4. The lowest BCUT2D eigenvalue weighted by atomic mass is 9.82. The molecule has 0 N–H and O–H groups in total. The van der Waals surface area contributed by atoms with E-state index in [1.807, 2.05) is 78.9 Å². The first-order chi connectivity index (χ1) is 20.0. The second-order valence-electron chi connectivity index (χ2n) is 10.8. The molecule has 0 saturated carbocycles. The quantitative estimate of drug-likeness (QED) is 0.230. The van der Waals surface area contributed by atoms with Gasteiger partial charge in [0, 0.05) is 27.7 Å². The SMILES string of the molecule is CC1(C)c2cccc(C#N)c2-c2c(-c3cccc(-c4nc(-c5ccccc5)nc(-c5ccccc5)n4)c3)cccc21. The van der Waals surface area contributed by atoms with Crippen molar-refractivity contribution < 1.29 is 0 Å². The van der Waals surface area contributed by atoms with E-state index in [4.69, 9.17) is 15.0 Å². The van der Waals surface area contributed by atoms with Crippen LogP contribution in [0.1, 0.15) is 30.5 Å². The zero-order chi connectivity index (χ0) is 28.0. The molecule has 0 saturated heterocycles. The second kappa shape index (κ2) is 9.66. The molecule has 1 aromatic heterocycles. The minimum Gasteiger partial charge on any atom is -0.208 e. The summed E-state index contributed by atoms with van der Waals surface area (Å²) in [6.07, 6.45) is 0. The third-order valence-electron chi connectivity index (χ3n) is 7.98. The van der Waals surface area contributed by atoms with Crippen molar-refractivity contribution in [2.75, 3.05) is 0 Å². The fraction of sp³-hybridized carbons (Fsp3) is 0.0811. The first kappa shape index (κ1) is 24.6. The van der Waals surface area contributed by atoms with Gasteiger partial charge in [0.1, 0.15) is 0 Å². The molecule has 1 aliphatic carbocycles. The molecule has 1 heterocycles. The summed E-state index contributed by atoms with van der Waals surface area (Å²) < 4.78 is 0. The molecule has 1 aliphatic rings. The van der Waals surface area contributed by atoms with Crippen LogP contribution in [-0.2, 0) is 5.41 Å². The zero-order valence-corrected chi connectivity index (χ0v) is 22.8. The Labute approximate surface area is 239 Å². The minimum absolute atomic E-state index is 0.200. The van der Waals surface area contributed by atoms with Crippen LogP contribution in [0.15, 0.2) is 121 Å². The summed E-state index contributed by atoms with van der Waals surface area (Å²) in [4.78, 5) is 14.7. The largest absolute Gasteiger partial charge is 0.208 e. The van der Waals surface area contributed by atoms with E-state index in [0.717, 1.165) is 38.9 Å². The molecule has 0 atom stereocenters. The van der Waals surface area contributed by atoms with Gasteiger partial charge < -0.3 is 0 Å². The van der Waals surface area contributed by atoms with Crippen LogP contribution in [0.5, 0.6) is 0 Å². The van der Waals surface area contributed by atoms with Crippen LogP contribution in [0.4, 0.5) is 0 Å². The van der Waals surface area contributed by atoms with Crippen LogP contribution in [0.2, 0.25) is 0 Å². The van der Waals surface area contributed by atoms with Crippen molar-refractivity contribution in [2.24, 2.45) is 0 Å². The summed E-state index contributed by atoms with van der Waals surface area (Å²) in [6.45, 7) is 4.47. The Hall–Kier alpha value is -5.40. The van der Waals surface area contributed by atoms with E-state index in [2.05, 4.69) is 62.4 Å². The van der Waals surface area contributed by atoms with E-state index < -0.39 is 0 Å². The van der Waals surface area contributed by atoms with Gasteiger partial charge in [0.15, 0.2) is 17.5 Å². The molecule has 4 heteroatoms. The van der Waals surface area contributed by atoms with Crippen molar-refractivity contribution in [2.45, 2.75) is 19.3 Å². The fourth-order valence-corrected chi connectivity index (χ4v) is 5.93. The maximum atomic E-state index is 10.0. The van der Waals surface area contributed by atoms with E-state index >= 15 is 0 Å². The average molecular weight is 527 g/mol. The number of fused-ring (bicyclic) bond motifs is 3. The minimum atomic E-state index is -0.200. The molecule has 41 heavy (non-hydrogen) atoms. The number of nitriles is 1. The number of aromatic nitrogens is 3. The highest BCUT2D eigenvalue weighted by molar-refractivity contribution is 5.95. The van der Waals surface area contributed by atoms with Crippen molar-refractivity contribution in [1.82, 2.24) is 15.0 Å². The summed E-state index contributed by atoms with van der Waals surface area (Å²) in [7, 11) is 0. The van der Waals surface area contributed by atoms with Gasteiger partial charge in [-0.3, -0.25) is 0 Å². The molecule has 0 bridgehead atoms. The van der Waals surface area contributed by atoms with Gasteiger partial charge in [-0.15, -0.1) is 0 Å². The van der Waals surface area contributed by atoms with E-state index in [1.54, 1.807) is 0 Å². The molecule has 5 aromatic carbocycles. The van der Waals surface area contributed by atoms with Crippen molar-refractivity contribution in [3.63, 3.8) is 0 Å². The van der Waals surface area contributed by atoms with Crippen LogP contribution >= 0.6 is 0 Å². The van der Waals surface area contributed by atoms with Crippen LogP contribution < -0.4 is 0 Å². The summed E-state index contributed by atoms with van der Waals surface area (Å²) in [5, 5.41) is 10.0. The average Bonchev–Trinajstić information content (AvgIpc) is 3.28. The van der Waals surface area contributed by atoms with E-state index in [0.29, 0.717) is 23.0 Å². The number of hydrogen-bond acceptors (Lipinski definition) is 4. The standard InChI is InChI=1S/C37H26N4/c1-37(2)30-20-10-18-28(23-38)32(30)33-29(19-11-21-31(33)37)26-16-9-17-27(22-26)36-40-34(24-12-5-3-6-13-24)39-35(41-36)25-14-7-4-8-15-25/h3-22H,1-2H3. The van der Waals surface area contributed by atoms with Crippen LogP contribution in [-0.4, -0.2) is 15.0 Å². The predicted molar refractivity (Wildman–Crippen MR) is 164 cm³/mol. The highest BCUT2D eigenvalue weighted by Gasteiger charge is 2.38. The van der Waals surface area contributed by atoms with Crippen molar-refractivity contribution in [3.05, 3.63) is 138 Å². The van der Waals surface area contributed by atoms with Gasteiger partial charge in [0.25, 0.3) is 0 Å². The van der Waals surface area contributed by atoms with Gasteiger partial charge in [-0.05, 0) is 39.9 Å². The lowest BCUT2D eigenvalue weighted by Gasteiger charge is -2.21. The Morgan fingerprint density at radius 3 is 1.61 bits per heavy atom. The Bertz CT molecular complexity index is 1910. The van der Waals surface area contributed by atoms with Gasteiger partial charge >= 0.3 is 0 Å². The third-order valence-corrected chi connectivity index (χ3v) is 7.98. The smallest absolute Gasteiger partial charge is 0.164 e. The molecule has 0 spiro atoms. The molecule has 0 aliphatic heterocycles. The van der Waals surface area contributed by atoms with Crippen LogP contribution in [0.25, 0.3) is 56.4 Å². The van der Waals surface area contributed by atoms with Gasteiger partial charge in [0.05, 0.1) is 11.6 Å². The molecule has 0 unspecified atom stereocenters. The van der Waals surface area contributed by atoms with E-state index in [1.165, 1.54) is 11.1 Å².